The number of rotatable bonds is 4. The molecule has 0 saturated carbocycles. The quantitative estimate of drug-likeness (QED) is 0.886. The van der Waals surface area contributed by atoms with Crippen molar-refractivity contribution in [1.29, 1.82) is 0 Å². The molecular formula is C12H15F3O2. The van der Waals surface area contributed by atoms with Crippen LogP contribution in [0.15, 0.2) is 18.2 Å². The van der Waals surface area contributed by atoms with Crippen molar-refractivity contribution < 1.29 is 23.0 Å². The van der Waals surface area contributed by atoms with Gasteiger partial charge in [0.2, 0.25) is 0 Å². The maximum absolute atomic E-state index is 12.1. The van der Waals surface area contributed by atoms with E-state index in [1.165, 1.54) is 7.11 Å². The summed E-state index contributed by atoms with van der Waals surface area (Å²) in [6.45, 7) is 1.56. The van der Waals surface area contributed by atoms with Gasteiger partial charge in [0.05, 0.1) is 13.2 Å². The number of methoxy groups -OCH3 is 1. The Balaban J connectivity index is 2.90. The predicted molar refractivity (Wildman–Crippen MR) is 58.0 cm³/mol. The molecule has 0 heterocycles. The first-order valence-corrected chi connectivity index (χ1v) is 5.25. The lowest BCUT2D eigenvalue weighted by molar-refractivity contribution is -0.134. The minimum absolute atomic E-state index is 0.146. The molecule has 0 aliphatic carbocycles. The van der Waals surface area contributed by atoms with Crippen molar-refractivity contribution in [2.75, 3.05) is 7.11 Å². The smallest absolute Gasteiger partial charge is 0.389 e. The highest BCUT2D eigenvalue weighted by Gasteiger charge is 2.27. The molecule has 1 rings (SSSR count). The van der Waals surface area contributed by atoms with Gasteiger partial charge in [-0.05, 0) is 36.6 Å². The SMILES string of the molecule is COc1ccc(C(C)O)cc1CCC(F)(F)F. The fourth-order valence-corrected chi connectivity index (χ4v) is 1.53. The number of halogens is 3. The van der Waals surface area contributed by atoms with Crippen molar-refractivity contribution in [2.45, 2.75) is 32.0 Å². The molecule has 1 aromatic rings. The molecule has 96 valence electrons. The van der Waals surface area contributed by atoms with Crippen LogP contribution in [0.4, 0.5) is 13.2 Å². The fraction of sp³-hybridized carbons (Fsp3) is 0.500. The monoisotopic (exact) mass is 248 g/mol. The van der Waals surface area contributed by atoms with Crippen LogP contribution < -0.4 is 4.74 Å². The van der Waals surface area contributed by atoms with E-state index in [1.54, 1.807) is 25.1 Å². The summed E-state index contributed by atoms with van der Waals surface area (Å²) in [4.78, 5) is 0. The lowest BCUT2D eigenvalue weighted by Crippen LogP contribution is -2.09. The molecule has 1 N–H and O–H groups in total. The van der Waals surface area contributed by atoms with E-state index in [4.69, 9.17) is 4.74 Å². The van der Waals surface area contributed by atoms with E-state index in [1.807, 2.05) is 0 Å². The predicted octanol–water partition coefficient (Wildman–Crippen LogP) is 3.24. The van der Waals surface area contributed by atoms with E-state index in [0.29, 0.717) is 16.9 Å². The van der Waals surface area contributed by atoms with Crippen molar-refractivity contribution >= 4 is 0 Å². The second-order valence-electron chi connectivity index (χ2n) is 3.86. The molecule has 0 bridgehead atoms. The van der Waals surface area contributed by atoms with Gasteiger partial charge in [0.15, 0.2) is 0 Å². The Kier molecular flexibility index (Phi) is 4.40. The number of aliphatic hydroxyl groups excluding tert-OH is 1. The summed E-state index contributed by atoms with van der Waals surface area (Å²) in [6, 6.07) is 4.77. The third-order valence-electron chi connectivity index (χ3n) is 2.46. The van der Waals surface area contributed by atoms with Crippen molar-refractivity contribution in [3.63, 3.8) is 0 Å². The van der Waals surface area contributed by atoms with E-state index in [0.717, 1.165) is 0 Å². The van der Waals surface area contributed by atoms with Gasteiger partial charge in [-0.3, -0.25) is 0 Å². The Bertz CT molecular complexity index is 373. The molecule has 1 atom stereocenters. The number of hydrogen-bond donors (Lipinski definition) is 1. The standard InChI is InChI=1S/C12H15F3O2/c1-8(16)9-3-4-11(17-2)10(7-9)5-6-12(13,14)15/h3-4,7-8,16H,5-6H2,1-2H3. The summed E-state index contributed by atoms with van der Waals surface area (Å²) >= 11 is 0. The van der Waals surface area contributed by atoms with E-state index in [2.05, 4.69) is 0 Å². The molecule has 2 nitrogen and oxygen atoms in total. The second-order valence-corrected chi connectivity index (χ2v) is 3.86. The Morgan fingerprint density at radius 1 is 1.35 bits per heavy atom. The van der Waals surface area contributed by atoms with Gasteiger partial charge in [0.1, 0.15) is 5.75 Å². The maximum atomic E-state index is 12.1. The summed E-state index contributed by atoms with van der Waals surface area (Å²) in [5.74, 6) is 0.415. The minimum atomic E-state index is -4.19. The maximum Gasteiger partial charge on any atom is 0.389 e. The largest absolute Gasteiger partial charge is 0.496 e. The second kappa shape index (κ2) is 5.40. The van der Waals surface area contributed by atoms with Crippen LogP contribution in [-0.2, 0) is 6.42 Å². The summed E-state index contributed by atoms with van der Waals surface area (Å²) in [6.07, 6.45) is -5.93. The molecule has 0 aliphatic rings. The first-order valence-electron chi connectivity index (χ1n) is 5.25. The van der Waals surface area contributed by atoms with Gasteiger partial charge in [0, 0.05) is 6.42 Å². The van der Waals surface area contributed by atoms with Crippen LogP contribution in [0.3, 0.4) is 0 Å². The number of hydrogen-bond acceptors (Lipinski definition) is 2. The summed E-state index contributed by atoms with van der Waals surface area (Å²) in [5, 5.41) is 9.38. The Hall–Kier alpha value is -1.23. The highest BCUT2D eigenvalue weighted by atomic mass is 19.4. The van der Waals surface area contributed by atoms with Gasteiger partial charge in [-0.25, -0.2) is 0 Å². The van der Waals surface area contributed by atoms with Crippen molar-refractivity contribution in [3.8, 4) is 5.75 Å². The molecule has 0 radical (unpaired) electrons. The Morgan fingerprint density at radius 3 is 2.47 bits per heavy atom. The van der Waals surface area contributed by atoms with E-state index < -0.39 is 18.7 Å². The van der Waals surface area contributed by atoms with Gasteiger partial charge in [-0.15, -0.1) is 0 Å². The normalized spacial score (nSPS) is 13.5. The summed E-state index contributed by atoms with van der Waals surface area (Å²) in [5.41, 5.74) is 1.05. The molecule has 0 aromatic heterocycles. The van der Waals surface area contributed by atoms with Crippen LogP contribution in [0.5, 0.6) is 5.75 Å². The zero-order valence-corrected chi connectivity index (χ0v) is 9.71. The molecule has 1 unspecified atom stereocenters. The third kappa shape index (κ3) is 4.26. The molecule has 0 amide bonds. The van der Waals surface area contributed by atoms with Crippen LogP contribution in [0.1, 0.15) is 30.6 Å². The van der Waals surface area contributed by atoms with Gasteiger partial charge in [0.25, 0.3) is 0 Å². The van der Waals surface area contributed by atoms with Crippen molar-refractivity contribution in [1.82, 2.24) is 0 Å². The van der Waals surface area contributed by atoms with Gasteiger partial charge < -0.3 is 9.84 Å². The molecule has 0 saturated heterocycles. The average molecular weight is 248 g/mol. The first-order chi connectivity index (χ1) is 7.83. The molecule has 17 heavy (non-hydrogen) atoms. The van der Waals surface area contributed by atoms with Crippen molar-refractivity contribution in [3.05, 3.63) is 29.3 Å². The van der Waals surface area contributed by atoms with E-state index in [-0.39, 0.29) is 6.42 Å². The zero-order valence-electron chi connectivity index (χ0n) is 9.71. The van der Waals surface area contributed by atoms with Crippen LogP contribution in [0, 0.1) is 0 Å². The zero-order chi connectivity index (χ0) is 13.1. The molecule has 0 fully saturated rings. The van der Waals surface area contributed by atoms with Gasteiger partial charge in [-0.2, -0.15) is 13.2 Å². The highest BCUT2D eigenvalue weighted by molar-refractivity contribution is 5.38. The van der Waals surface area contributed by atoms with Crippen LogP contribution >= 0.6 is 0 Å². The number of benzene rings is 1. The minimum Gasteiger partial charge on any atom is -0.496 e. The number of aliphatic hydroxyl groups is 1. The lowest BCUT2D eigenvalue weighted by Gasteiger charge is -2.13. The van der Waals surface area contributed by atoms with Gasteiger partial charge in [-0.1, -0.05) is 6.07 Å². The Labute approximate surface area is 98.0 Å². The third-order valence-corrected chi connectivity index (χ3v) is 2.46. The molecule has 5 heteroatoms. The van der Waals surface area contributed by atoms with Crippen molar-refractivity contribution in [2.24, 2.45) is 0 Å². The molecule has 0 aliphatic heterocycles. The first kappa shape index (κ1) is 13.8. The summed E-state index contributed by atoms with van der Waals surface area (Å²) < 4.78 is 41.4. The molecule has 1 aromatic carbocycles. The fourth-order valence-electron chi connectivity index (χ4n) is 1.53. The number of aryl methyl sites for hydroxylation is 1. The molecule has 0 spiro atoms. The lowest BCUT2D eigenvalue weighted by atomic mass is 10.0. The van der Waals surface area contributed by atoms with Crippen LogP contribution in [-0.4, -0.2) is 18.4 Å². The number of ether oxygens (including phenoxy) is 1. The van der Waals surface area contributed by atoms with Crippen LogP contribution in [0.25, 0.3) is 0 Å². The highest BCUT2D eigenvalue weighted by Crippen LogP contribution is 2.28. The Morgan fingerprint density at radius 2 is 2.00 bits per heavy atom. The van der Waals surface area contributed by atoms with E-state index >= 15 is 0 Å². The van der Waals surface area contributed by atoms with Gasteiger partial charge >= 0.3 is 6.18 Å². The molecular weight excluding hydrogens is 233 g/mol. The number of alkyl halides is 3. The topological polar surface area (TPSA) is 29.5 Å². The van der Waals surface area contributed by atoms with Crippen LogP contribution in [0.2, 0.25) is 0 Å². The average Bonchev–Trinajstić information content (AvgIpc) is 2.24. The van der Waals surface area contributed by atoms with E-state index in [9.17, 15) is 18.3 Å². The summed E-state index contributed by atoms with van der Waals surface area (Å²) in [7, 11) is 1.41.